The molecule has 3 heterocycles. The Balaban J connectivity index is 1.59. The highest BCUT2D eigenvalue weighted by atomic mass is 32.2. The number of nitrogens with zero attached hydrogens (tertiary/aromatic N) is 3. The molecule has 3 aliphatic rings. The quantitative estimate of drug-likeness (QED) is 0.758. The molecule has 0 aliphatic carbocycles. The van der Waals surface area contributed by atoms with Gasteiger partial charge in [0.25, 0.3) is 10.2 Å². The summed E-state index contributed by atoms with van der Waals surface area (Å²) >= 11 is 0. The third-order valence-electron chi connectivity index (χ3n) is 5.85. The van der Waals surface area contributed by atoms with Crippen LogP contribution in [0.2, 0.25) is 0 Å². The SMILES string of the molecule is CC(=O)N1C[C@H]2CN(S(=O)(=O)N3CCOCC3)C[C@H]2[C@H]1c1cccc(F)c1. The van der Waals surface area contributed by atoms with Gasteiger partial charge in [-0.25, -0.2) is 4.39 Å². The van der Waals surface area contributed by atoms with Crippen molar-refractivity contribution in [1.82, 2.24) is 13.5 Å². The highest BCUT2D eigenvalue weighted by molar-refractivity contribution is 7.86. The normalized spacial score (nSPS) is 29.9. The summed E-state index contributed by atoms with van der Waals surface area (Å²) in [7, 11) is -3.55. The van der Waals surface area contributed by atoms with Crippen LogP contribution in [-0.4, -0.2) is 73.8 Å². The largest absolute Gasteiger partial charge is 0.379 e. The van der Waals surface area contributed by atoms with Gasteiger partial charge in [-0.3, -0.25) is 4.79 Å². The van der Waals surface area contributed by atoms with Crippen LogP contribution in [0.4, 0.5) is 4.39 Å². The second-order valence-corrected chi connectivity index (χ2v) is 9.36. The predicted molar refractivity (Wildman–Crippen MR) is 96.4 cm³/mol. The zero-order valence-electron chi connectivity index (χ0n) is 15.3. The highest BCUT2D eigenvalue weighted by Crippen LogP contribution is 2.45. The van der Waals surface area contributed by atoms with E-state index in [9.17, 15) is 17.6 Å². The number of hydrogen-bond acceptors (Lipinski definition) is 4. The lowest BCUT2D eigenvalue weighted by Crippen LogP contribution is -2.48. The summed E-state index contributed by atoms with van der Waals surface area (Å²) < 4.78 is 48.0. The Morgan fingerprint density at radius 1 is 1.15 bits per heavy atom. The first-order valence-corrected chi connectivity index (χ1v) is 10.6. The smallest absolute Gasteiger partial charge is 0.282 e. The number of fused-ring (bicyclic) bond motifs is 1. The van der Waals surface area contributed by atoms with Crippen molar-refractivity contribution in [2.24, 2.45) is 11.8 Å². The van der Waals surface area contributed by atoms with Crippen LogP contribution in [0.25, 0.3) is 0 Å². The van der Waals surface area contributed by atoms with Crippen molar-refractivity contribution in [2.45, 2.75) is 13.0 Å². The van der Waals surface area contributed by atoms with Crippen molar-refractivity contribution < 1.29 is 22.3 Å². The summed E-state index contributed by atoms with van der Waals surface area (Å²) in [6.07, 6.45) is 0. The van der Waals surface area contributed by atoms with Gasteiger partial charge in [0.2, 0.25) is 5.91 Å². The molecule has 3 saturated heterocycles. The van der Waals surface area contributed by atoms with Crippen molar-refractivity contribution in [2.75, 3.05) is 45.9 Å². The minimum absolute atomic E-state index is 0.0356. The van der Waals surface area contributed by atoms with Crippen LogP contribution in [0, 0.1) is 17.7 Å². The topological polar surface area (TPSA) is 70.2 Å². The van der Waals surface area contributed by atoms with Crippen molar-refractivity contribution in [3.05, 3.63) is 35.6 Å². The Labute approximate surface area is 158 Å². The van der Waals surface area contributed by atoms with Crippen LogP contribution in [0.3, 0.4) is 0 Å². The number of halogens is 1. The summed E-state index contributed by atoms with van der Waals surface area (Å²) in [5, 5.41) is 0. The molecule has 3 fully saturated rings. The van der Waals surface area contributed by atoms with Gasteiger partial charge in [0, 0.05) is 45.6 Å². The molecule has 0 unspecified atom stereocenters. The van der Waals surface area contributed by atoms with E-state index in [4.69, 9.17) is 4.74 Å². The van der Waals surface area contributed by atoms with Gasteiger partial charge < -0.3 is 9.64 Å². The Kier molecular flexibility index (Phi) is 4.96. The van der Waals surface area contributed by atoms with Gasteiger partial charge in [-0.15, -0.1) is 0 Å². The third-order valence-corrected chi connectivity index (χ3v) is 7.82. The molecular weight excluding hydrogens is 373 g/mol. The Hall–Kier alpha value is -1.55. The molecule has 0 N–H and O–H groups in total. The van der Waals surface area contributed by atoms with Crippen molar-refractivity contribution >= 4 is 16.1 Å². The lowest BCUT2D eigenvalue weighted by molar-refractivity contribution is -0.130. The van der Waals surface area contributed by atoms with E-state index in [-0.39, 0.29) is 29.6 Å². The van der Waals surface area contributed by atoms with Crippen LogP contribution < -0.4 is 0 Å². The summed E-state index contributed by atoms with van der Waals surface area (Å²) in [5.41, 5.74) is 0.725. The van der Waals surface area contributed by atoms with Gasteiger partial charge in [0.15, 0.2) is 0 Å². The first-order chi connectivity index (χ1) is 12.9. The average molecular weight is 397 g/mol. The van der Waals surface area contributed by atoms with E-state index in [2.05, 4.69) is 0 Å². The third kappa shape index (κ3) is 3.37. The number of carbonyl (C=O) groups is 1. The maximum absolute atomic E-state index is 13.8. The number of benzene rings is 1. The maximum Gasteiger partial charge on any atom is 0.282 e. The van der Waals surface area contributed by atoms with Gasteiger partial charge in [-0.1, -0.05) is 12.1 Å². The number of carbonyl (C=O) groups excluding carboxylic acids is 1. The van der Waals surface area contributed by atoms with Crippen molar-refractivity contribution in [1.29, 1.82) is 0 Å². The Bertz CT molecular complexity index is 828. The molecule has 1 aromatic rings. The predicted octanol–water partition coefficient (Wildman–Crippen LogP) is 0.854. The molecular formula is C18H24FN3O4S. The van der Waals surface area contributed by atoms with Crippen molar-refractivity contribution in [3.63, 3.8) is 0 Å². The molecule has 0 aromatic heterocycles. The fourth-order valence-electron chi connectivity index (χ4n) is 4.57. The van der Waals surface area contributed by atoms with Gasteiger partial charge >= 0.3 is 0 Å². The molecule has 0 spiro atoms. The summed E-state index contributed by atoms with van der Waals surface area (Å²) in [5.74, 6) is -0.402. The van der Waals surface area contributed by atoms with E-state index >= 15 is 0 Å². The molecule has 0 radical (unpaired) electrons. The van der Waals surface area contributed by atoms with E-state index in [1.807, 2.05) is 6.07 Å². The van der Waals surface area contributed by atoms with Gasteiger partial charge in [-0.05, 0) is 23.6 Å². The Morgan fingerprint density at radius 3 is 2.56 bits per heavy atom. The van der Waals surface area contributed by atoms with Gasteiger partial charge in [0.05, 0.1) is 19.3 Å². The molecule has 0 bridgehead atoms. The number of ether oxygens (including phenoxy) is 1. The van der Waals surface area contributed by atoms with E-state index in [1.54, 1.807) is 11.0 Å². The van der Waals surface area contributed by atoms with Crippen LogP contribution in [-0.2, 0) is 19.7 Å². The summed E-state index contributed by atoms with van der Waals surface area (Å²) in [6.45, 7) is 4.28. The summed E-state index contributed by atoms with van der Waals surface area (Å²) in [4.78, 5) is 13.9. The lowest BCUT2D eigenvalue weighted by atomic mass is 9.89. The summed E-state index contributed by atoms with van der Waals surface area (Å²) in [6, 6.07) is 5.96. The minimum Gasteiger partial charge on any atom is -0.379 e. The number of likely N-dealkylation sites (tertiary alicyclic amines) is 1. The minimum atomic E-state index is -3.55. The second kappa shape index (κ2) is 7.12. The van der Waals surface area contributed by atoms with Crippen molar-refractivity contribution in [3.8, 4) is 0 Å². The van der Waals surface area contributed by atoms with Crippen LogP contribution in [0.5, 0.6) is 0 Å². The van der Waals surface area contributed by atoms with E-state index in [0.29, 0.717) is 45.9 Å². The zero-order valence-corrected chi connectivity index (χ0v) is 16.1. The molecule has 4 rings (SSSR count). The van der Waals surface area contributed by atoms with E-state index in [0.717, 1.165) is 5.56 Å². The Morgan fingerprint density at radius 2 is 1.89 bits per heavy atom. The second-order valence-electron chi connectivity index (χ2n) is 7.43. The molecule has 9 heteroatoms. The average Bonchev–Trinajstić information content (AvgIpc) is 3.20. The molecule has 3 aliphatic heterocycles. The lowest BCUT2D eigenvalue weighted by Gasteiger charge is -2.32. The highest BCUT2D eigenvalue weighted by Gasteiger charge is 2.51. The van der Waals surface area contributed by atoms with Gasteiger partial charge in [0.1, 0.15) is 5.82 Å². The molecule has 3 atom stereocenters. The van der Waals surface area contributed by atoms with Crippen LogP contribution >= 0.6 is 0 Å². The number of hydrogen-bond donors (Lipinski definition) is 0. The number of amides is 1. The number of morpholine rings is 1. The number of rotatable bonds is 3. The zero-order chi connectivity index (χ0) is 19.2. The van der Waals surface area contributed by atoms with Crippen LogP contribution in [0.15, 0.2) is 24.3 Å². The molecule has 1 aromatic carbocycles. The monoisotopic (exact) mass is 397 g/mol. The molecule has 7 nitrogen and oxygen atoms in total. The molecule has 0 saturated carbocycles. The standard InChI is InChI=1S/C18H24FN3O4S/c1-13(23)22-11-15-10-21(27(24,25)20-5-7-26-8-6-20)12-17(15)18(22)14-3-2-4-16(19)9-14/h2-4,9,15,17-18H,5-8,10-12H2,1H3/t15-,17-,18-/m1/s1. The maximum atomic E-state index is 13.8. The van der Waals surface area contributed by atoms with E-state index in [1.165, 1.54) is 27.7 Å². The molecule has 148 valence electrons. The molecule has 1 amide bonds. The first kappa shape index (κ1) is 18.8. The van der Waals surface area contributed by atoms with Gasteiger partial charge in [-0.2, -0.15) is 17.0 Å². The van der Waals surface area contributed by atoms with E-state index < -0.39 is 10.2 Å². The first-order valence-electron chi connectivity index (χ1n) is 9.23. The van der Waals surface area contributed by atoms with Crippen LogP contribution in [0.1, 0.15) is 18.5 Å². The molecule has 27 heavy (non-hydrogen) atoms. The fourth-order valence-corrected chi connectivity index (χ4v) is 6.25. The fraction of sp³-hybridized carbons (Fsp3) is 0.611.